The molecule has 3 aromatic rings. The molecule has 0 spiro atoms. The molecule has 2 atom stereocenters. The zero-order valence-corrected chi connectivity index (χ0v) is 18.1. The molecule has 152 valence electrons. The standard InChI is InChI=1S/C21H22N2O4S2/c1-11-8-9-13-16(10-11)29-19(17(13)20(25)26-3)23-18(24)12(2)28-21-22-14-6-4-5-7-15(14)27-21/h4-7,11-12H,8-10H2,1-3H3,(H,23,24). The van der Waals surface area contributed by atoms with Gasteiger partial charge in [-0.3, -0.25) is 4.79 Å². The maximum Gasteiger partial charge on any atom is 0.341 e. The molecule has 29 heavy (non-hydrogen) atoms. The summed E-state index contributed by atoms with van der Waals surface area (Å²) in [5.74, 6) is -0.0236. The molecule has 0 saturated carbocycles. The average molecular weight is 431 g/mol. The molecule has 8 heteroatoms. The second-order valence-electron chi connectivity index (χ2n) is 7.24. The highest BCUT2D eigenvalue weighted by molar-refractivity contribution is 8.00. The van der Waals surface area contributed by atoms with Crippen molar-refractivity contribution >= 4 is 51.1 Å². The van der Waals surface area contributed by atoms with Gasteiger partial charge in [-0.15, -0.1) is 11.3 Å². The highest BCUT2D eigenvalue weighted by Crippen LogP contribution is 2.40. The lowest BCUT2D eigenvalue weighted by Gasteiger charge is -2.18. The molecule has 1 N–H and O–H groups in total. The van der Waals surface area contributed by atoms with E-state index in [0.29, 0.717) is 27.3 Å². The minimum absolute atomic E-state index is 0.200. The molecular formula is C21H22N2O4S2. The van der Waals surface area contributed by atoms with Crippen LogP contribution in [0.1, 0.15) is 41.1 Å². The quantitative estimate of drug-likeness (QED) is 0.457. The summed E-state index contributed by atoms with van der Waals surface area (Å²) >= 11 is 2.73. The van der Waals surface area contributed by atoms with Crippen LogP contribution in [0.25, 0.3) is 11.1 Å². The molecule has 2 aromatic heterocycles. The zero-order valence-electron chi connectivity index (χ0n) is 16.5. The molecule has 1 aliphatic rings. The van der Waals surface area contributed by atoms with Gasteiger partial charge in [-0.05, 0) is 49.8 Å². The smallest absolute Gasteiger partial charge is 0.341 e. The molecule has 6 nitrogen and oxygen atoms in total. The van der Waals surface area contributed by atoms with Crippen LogP contribution >= 0.6 is 23.1 Å². The third-order valence-corrected chi connectivity index (χ3v) is 7.17. The number of hydrogen-bond acceptors (Lipinski definition) is 7. The van der Waals surface area contributed by atoms with E-state index in [4.69, 9.17) is 9.15 Å². The van der Waals surface area contributed by atoms with E-state index in [9.17, 15) is 9.59 Å². The fraction of sp³-hybridized carbons (Fsp3) is 0.381. The van der Waals surface area contributed by atoms with E-state index in [2.05, 4.69) is 17.2 Å². The number of nitrogens with zero attached hydrogens (tertiary/aromatic N) is 1. The molecule has 1 aromatic carbocycles. The molecule has 2 heterocycles. The van der Waals surface area contributed by atoms with Crippen LogP contribution in [0.3, 0.4) is 0 Å². The summed E-state index contributed by atoms with van der Waals surface area (Å²) in [4.78, 5) is 30.8. The van der Waals surface area contributed by atoms with Gasteiger partial charge in [0.2, 0.25) is 5.91 Å². The van der Waals surface area contributed by atoms with Crippen molar-refractivity contribution in [3.63, 3.8) is 0 Å². The Labute approximate surface area is 177 Å². The Morgan fingerprint density at radius 2 is 2.17 bits per heavy atom. The van der Waals surface area contributed by atoms with Crippen LogP contribution < -0.4 is 5.32 Å². The number of anilines is 1. The number of hydrogen-bond donors (Lipinski definition) is 1. The van der Waals surface area contributed by atoms with Crippen molar-refractivity contribution in [1.29, 1.82) is 0 Å². The maximum absolute atomic E-state index is 12.8. The van der Waals surface area contributed by atoms with Crippen LogP contribution in [0.2, 0.25) is 0 Å². The number of ether oxygens (including phenoxy) is 1. The van der Waals surface area contributed by atoms with E-state index < -0.39 is 11.2 Å². The van der Waals surface area contributed by atoms with Crippen LogP contribution in [0.5, 0.6) is 0 Å². The third kappa shape index (κ3) is 4.04. The van der Waals surface area contributed by atoms with Gasteiger partial charge >= 0.3 is 5.97 Å². The van der Waals surface area contributed by atoms with Gasteiger partial charge in [-0.25, -0.2) is 9.78 Å². The van der Waals surface area contributed by atoms with Gasteiger partial charge in [0.1, 0.15) is 10.5 Å². The van der Waals surface area contributed by atoms with Crippen molar-refractivity contribution in [2.75, 3.05) is 12.4 Å². The number of rotatable bonds is 5. The van der Waals surface area contributed by atoms with Crippen LogP contribution in [-0.2, 0) is 22.4 Å². The van der Waals surface area contributed by atoms with Crippen LogP contribution in [-0.4, -0.2) is 29.2 Å². The number of carbonyl (C=O) groups excluding carboxylic acids is 2. The van der Waals surface area contributed by atoms with Gasteiger partial charge in [-0.2, -0.15) is 0 Å². The first kappa shape index (κ1) is 20.0. The monoisotopic (exact) mass is 430 g/mol. The summed E-state index contributed by atoms with van der Waals surface area (Å²) < 4.78 is 10.7. The van der Waals surface area contributed by atoms with Crippen molar-refractivity contribution in [3.05, 3.63) is 40.3 Å². The number of oxazole rings is 1. The molecule has 1 amide bonds. The summed E-state index contributed by atoms with van der Waals surface area (Å²) in [6, 6.07) is 7.49. The van der Waals surface area contributed by atoms with Crippen molar-refractivity contribution in [2.24, 2.45) is 5.92 Å². The summed E-state index contributed by atoms with van der Waals surface area (Å²) in [5, 5.41) is 3.52. The lowest BCUT2D eigenvalue weighted by molar-refractivity contribution is -0.115. The molecule has 0 radical (unpaired) electrons. The number of methoxy groups -OCH3 is 1. The van der Waals surface area contributed by atoms with E-state index in [1.165, 1.54) is 35.1 Å². The number of aromatic nitrogens is 1. The van der Waals surface area contributed by atoms with Crippen molar-refractivity contribution in [3.8, 4) is 0 Å². The second kappa shape index (κ2) is 8.20. The zero-order chi connectivity index (χ0) is 20.5. The number of thioether (sulfide) groups is 1. The predicted molar refractivity (Wildman–Crippen MR) is 115 cm³/mol. The Hall–Kier alpha value is -2.32. The molecule has 0 fully saturated rings. The first-order chi connectivity index (χ1) is 14.0. The number of carbonyl (C=O) groups is 2. The number of fused-ring (bicyclic) bond motifs is 2. The molecule has 1 aliphatic carbocycles. The van der Waals surface area contributed by atoms with Crippen molar-refractivity contribution in [1.82, 2.24) is 4.98 Å². The minimum atomic E-state index is -0.438. The highest BCUT2D eigenvalue weighted by Gasteiger charge is 2.30. The fourth-order valence-corrected chi connectivity index (χ4v) is 5.64. The topological polar surface area (TPSA) is 81.4 Å². The molecule has 0 bridgehead atoms. The predicted octanol–water partition coefficient (Wildman–Crippen LogP) is 4.92. The number of amides is 1. The highest BCUT2D eigenvalue weighted by atomic mass is 32.2. The Morgan fingerprint density at radius 3 is 2.93 bits per heavy atom. The van der Waals surface area contributed by atoms with Crippen molar-refractivity contribution in [2.45, 2.75) is 43.6 Å². The first-order valence-corrected chi connectivity index (χ1v) is 11.2. The third-order valence-electron chi connectivity index (χ3n) is 5.06. The number of nitrogens with one attached hydrogen (secondary N) is 1. The van der Waals surface area contributed by atoms with Crippen molar-refractivity contribution < 1.29 is 18.7 Å². The number of para-hydroxylation sites is 2. The molecule has 2 unspecified atom stereocenters. The average Bonchev–Trinajstić information content (AvgIpc) is 3.26. The van der Waals surface area contributed by atoms with E-state index in [1.54, 1.807) is 6.92 Å². The van der Waals surface area contributed by atoms with E-state index in [0.717, 1.165) is 30.3 Å². The van der Waals surface area contributed by atoms with Crippen LogP contribution in [0.15, 0.2) is 33.9 Å². The van der Waals surface area contributed by atoms with Gasteiger partial charge < -0.3 is 14.5 Å². The molecule has 0 saturated heterocycles. The van der Waals surface area contributed by atoms with Gasteiger partial charge in [0, 0.05) is 4.88 Å². The summed E-state index contributed by atoms with van der Waals surface area (Å²) in [7, 11) is 1.37. The van der Waals surface area contributed by atoms with E-state index in [1.807, 2.05) is 24.3 Å². The maximum atomic E-state index is 12.8. The van der Waals surface area contributed by atoms with Gasteiger partial charge in [-0.1, -0.05) is 30.8 Å². The summed E-state index contributed by atoms with van der Waals surface area (Å²) in [6.45, 7) is 4.00. The Kier molecular flexibility index (Phi) is 5.65. The number of benzene rings is 1. The molecule has 4 rings (SSSR count). The lowest BCUT2D eigenvalue weighted by Crippen LogP contribution is -2.23. The van der Waals surface area contributed by atoms with Crippen LogP contribution in [0, 0.1) is 5.92 Å². The van der Waals surface area contributed by atoms with E-state index >= 15 is 0 Å². The number of esters is 1. The Morgan fingerprint density at radius 1 is 1.38 bits per heavy atom. The SMILES string of the molecule is COC(=O)c1c(NC(=O)C(C)Sc2nc3ccccc3o2)sc2c1CCC(C)C2. The minimum Gasteiger partial charge on any atom is -0.465 e. The van der Waals surface area contributed by atoms with E-state index in [-0.39, 0.29) is 5.91 Å². The Balaban J connectivity index is 1.53. The summed E-state index contributed by atoms with van der Waals surface area (Å²) in [6.07, 6.45) is 2.79. The summed E-state index contributed by atoms with van der Waals surface area (Å²) in [5.41, 5.74) is 2.98. The first-order valence-electron chi connectivity index (χ1n) is 9.52. The molecular weight excluding hydrogens is 408 g/mol. The van der Waals surface area contributed by atoms with Gasteiger partial charge in [0.05, 0.1) is 17.9 Å². The Bertz CT molecular complexity index is 1040. The fourth-order valence-electron chi connectivity index (χ4n) is 3.48. The van der Waals surface area contributed by atoms with Gasteiger partial charge in [0.15, 0.2) is 5.58 Å². The lowest BCUT2D eigenvalue weighted by atomic mass is 9.88. The molecule has 0 aliphatic heterocycles. The largest absolute Gasteiger partial charge is 0.465 e. The number of thiophene rings is 1. The van der Waals surface area contributed by atoms with Gasteiger partial charge in [0.25, 0.3) is 5.22 Å². The van der Waals surface area contributed by atoms with Crippen LogP contribution in [0.4, 0.5) is 5.00 Å². The normalized spacial score (nSPS) is 17.0. The second-order valence-corrected chi connectivity index (χ2v) is 9.64.